The van der Waals surface area contributed by atoms with Crippen LogP contribution in [0.2, 0.25) is 0 Å². The molecule has 1 unspecified atom stereocenters. The molecule has 24 heavy (non-hydrogen) atoms. The molecule has 2 aromatic carbocycles. The standard InChI is InChI=1S/C21H20N2O/c1-14-5-3-7-16(9-14)17-11-20-19(21(24)12-17)13-22-23(20)18-8-4-6-15(2)10-18/h3-10,13,17H,11-12H2,1-2H3. The zero-order valence-electron chi connectivity index (χ0n) is 14.0. The van der Waals surface area contributed by atoms with E-state index < -0.39 is 0 Å². The molecule has 0 amide bonds. The van der Waals surface area contributed by atoms with Crippen molar-refractivity contribution in [3.8, 4) is 5.69 Å². The van der Waals surface area contributed by atoms with Gasteiger partial charge in [-0.2, -0.15) is 5.10 Å². The largest absolute Gasteiger partial charge is 0.294 e. The summed E-state index contributed by atoms with van der Waals surface area (Å²) in [6.07, 6.45) is 3.14. The highest BCUT2D eigenvalue weighted by Crippen LogP contribution is 2.34. The highest BCUT2D eigenvalue weighted by atomic mass is 16.1. The smallest absolute Gasteiger partial charge is 0.166 e. The van der Waals surface area contributed by atoms with Gasteiger partial charge in [0.2, 0.25) is 0 Å². The van der Waals surface area contributed by atoms with Gasteiger partial charge in [-0.3, -0.25) is 4.79 Å². The monoisotopic (exact) mass is 316 g/mol. The Balaban J connectivity index is 1.76. The Labute approximate surface area is 141 Å². The van der Waals surface area contributed by atoms with E-state index in [9.17, 15) is 4.79 Å². The first-order valence-electron chi connectivity index (χ1n) is 8.35. The molecule has 120 valence electrons. The van der Waals surface area contributed by atoms with Crippen molar-refractivity contribution in [1.29, 1.82) is 0 Å². The molecule has 1 aliphatic carbocycles. The number of nitrogens with zero attached hydrogens (tertiary/aromatic N) is 2. The lowest BCUT2D eigenvalue weighted by Gasteiger charge is -2.23. The maximum Gasteiger partial charge on any atom is 0.166 e. The van der Waals surface area contributed by atoms with Crippen LogP contribution in [0.5, 0.6) is 0 Å². The molecular formula is C21H20N2O. The van der Waals surface area contributed by atoms with E-state index in [1.807, 2.05) is 16.8 Å². The molecule has 0 fully saturated rings. The van der Waals surface area contributed by atoms with Gasteiger partial charge in [0.05, 0.1) is 23.1 Å². The maximum absolute atomic E-state index is 12.6. The molecule has 3 aromatic rings. The Morgan fingerprint density at radius 2 is 1.75 bits per heavy atom. The second-order valence-corrected chi connectivity index (χ2v) is 6.70. The number of fused-ring (bicyclic) bond motifs is 1. The van der Waals surface area contributed by atoms with Gasteiger partial charge in [0.25, 0.3) is 0 Å². The second kappa shape index (κ2) is 5.75. The third kappa shape index (κ3) is 2.56. The summed E-state index contributed by atoms with van der Waals surface area (Å²) in [7, 11) is 0. The molecule has 3 nitrogen and oxygen atoms in total. The minimum atomic E-state index is 0.196. The number of ketones is 1. The number of carbonyl (C=O) groups excluding carboxylic acids is 1. The maximum atomic E-state index is 12.6. The number of hydrogen-bond acceptors (Lipinski definition) is 2. The normalized spacial score (nSPS) is 16.9. The summed E-state index contributed by atoms with van der Waals surface area (Å²) < 4.78 is 1.93. The lowest BCUT2D eigenvalue weighted by Crippen LogP contribution is -2.20. The minimum Gasteiger partial charge on any atom is -0.294 e. The van der Waals surface area contributed by atoms with Gasteiger partial charge in [-0.15, -0.1) is 0 Å². The predicted molar refractivity (Wildman–Crippen MR) is 94.9 cm³/mol. The molecule has 0 saturated heterocycles. The molecule has 0 bridgehead atoms. The molecule has 1 heterocycles. The zero-order valence-corrected chi connectivity index (χ0v) is 14.0. The fourth-order valence-corrected chi connectivity index (χ4v) is 3.58. The minimum absolute atomic E-state index is 0.196. The first kappa shape index (κ1) is 14.9. The molecule has 0 radical (unpaired) electrons. The van der Waals surface area contributed by atoms with Crippen LogP contribution in [-0.4, -0.2) is 15.6 Å². The summed E-state index contributed by atoms with van der Waals surface area (Å²) in [5.41, 5.74) is 6.50. The van der Waals surface area contributed by atoms with Crippen LogP contribution < -0.4 is 0 Å². The third-order valence-corrected chi connectivity index (χ3v) is 4.80. The molecule has 1 aromatic heterocycles. The first-order valence-corrected chi connectivity index (χ1v) is 8.35. The van der Waals surface area contributed by atoms with E-state index in [0.29, 0.717) is 6.42 Å². The number of aryl methyl sites for hydroxylation is 2. The van der Waals surface area contributed by atoms with Gasteiger partial charge in [-0.1, -0.05) is 42.0 Å². The Bertz CT molecular complexity index is 923. The predicted octanol–water partition coefficient (Wildman–Crippen LogP) is 4.40. The van der Waals surface area contributed by atoms with Crippen molar-refractivity contribution in [2.75, 3.05) is 0 Å². The van der Waals surface area contributed by atoms with Crippen LogP contribution in [0, 0.1) is 13.8 Å². The van der Waals surface area contributed by atoms with Crippen molar-refractivity contribution < 1.29 is 4.79 Å². The number of hydrogen-bond donors (Lipinski definition) is 0. The van der Waals surface area contributed by atoms with Crippen molar-refractivity contribution >= 4 is 5.78 Å². The molecule has 0 saturated carbocycles. The lowest BCUT2D eigenvalue weighted by molar-refractivity contribution is 0.0963. The Morgan fingerprint density at radius 3 is 2.50 bits per heavy atom. The summed E-state index contributed by atoms with van der Waals surface area (Å²) >= 11 is 0. The van der Waals surface area contributed by atoms with E-state index >= 15 is 0 Å². The lowest BCUT2D eigenvalue weighted by atomic mass is 9.82. The number of aromatic nitrogens is 2. The molecule has 0 spiro atoms. The van der Waals surface area contributed by atoms with Gasteiger partial charge in [0.1, 0.15) is 0 Å². The number of Topliss-reactive ketones (excluding diaryl/α,β-unsaturated/α-hetero) is 1. The molecule has 1 atom stereocenters. The van der Waals surface area contributed by atoms with Crippen LogP contribution in [0.1, 0.15) is 45.1 Å². The first-order chi connectivity index (χ1) is 11.6. The fourth-order valence-electron chi connectivity index (χ4n) is 3.58. The molecule has 3 heteroatoms. The van der Waals surface area contributed by atoms with E-state index in [1.165, 1.54) is 16.7 Å². The number of benzene rings is 2. The van der Waals surface area contributed by atoms with Crippen LogP contribution in [0.4, 0.5) is 0 Å². The topological polar surface area (TPSA) is 34.9 Å². The molecule has 0 N–H and O–H groups in total. The highest BCUT2D eigenvalue weighted by molar-refractivity contribution is 5.98. The van der Waals surface area contributed by atoms with Gasteiger partial charge in [0, 0.05) is 6.42 Å². The van der Waals surface area contributed by atoms with E-state index in [0.717, 1.165) is 23.4 Å². The molecule has 4 rings (SSSR count). The Kier molecular flexibility index (Phi) is 3.57. The Morgan fingerprint density at radius 1 is 1.00 bits per heavy atom. The van der Waals surface area contributed by atoms with Crippen molar-refractivity contribution in [2.45, 2.75) is 32.6 Å². The van der Waals surface area contributed by atoms with Crippen molar-refractivity contribution in [3.63, 3.8) is 0 Å². The Hall–Kier alpha value is -2.68. The summed E-state index contributed by atoms with van der Waals surface area (Å²) in [6, 6.07) is 16.7. The summed E-state index contributed by atoms with van der Waals surface area (Å²) in [5, 5.41) is 4.50. The van der Waals surface area contributed by atoms with Crippen LogP contribution in [0.3, 0.4) is 0 Å². The van der Waals surface area contributed by atoms with Crippen LogP contribution in [0.15, 0.2) is 54.7 Å². The average Bonchev–Trinajstić information content (AvgIpc) is 2.99. The highest BCUT2D eigenvalue weighted by Gasteiger charge is 2.30. The van der Waals surface area contributed by atoms with Crippen molar-refractivity contribution in [1.82, 2.24) is 9.78 Å². The van der Waals surface area contributed by atoms with Gasteiger partial charge in [-0.05, 0) is 49.4 Å². The van der Waals surface area contributed by atoms with Gasteiger partial charge in [-0.25, -0.2) is 4.68 Å². The van der Waals surface area contributed by atoms with Gasteiger partial charge < -0.3 is 0 Å². The number of carbonyl (C=O) groups is 1. The SMILES string of the molecule is Cc1cccc(C2CC(=O)c3cnn(-c4cccc(C)c4)c3C2)c1. The summed E-state index contributed by atoms with van der Waals surface area (Å²) in [4.78, 5) is 12.6. The van der Waals surface area contributed by atoms with E-state index in [1.54, 1.807) is 6.20 Å². The fraction of sp³-hybridized carbons (Fsp3) is 0.238. The quantitative estimate of drug-likeness (QED) is 0.702. The van der Waals surface area contributed by atoms with E-state index in [4.69, 9.17) is 0 Å². The van der Waals surface area contributed by atoms with Crippen molar-refractivity contribution in [3.05, 3.63) is 82.7 Å². The molecule has 1 aliphatic rings. The zero-order chi connectivity index (χ0) is 16.7. The van der Waals surface area contributed by atoms with Crippen molar-refractivity contribution in [2.24, 2.45) is 0 Å². The van der Waals surface area contributed by atoms with Gasteiger partial charge >= 0.3 is 0 Å². The second-order valence-electron chi connectivity index (χ2n) is 6.70. The van der Waals surface area contributed by atoms with E-state index in [2.05, 4.69) is 55.3 Å². The van der Waals surface area contributed by atoms with Crippen LogP contribution in [0.25, 0.3) is 5.69 Å². The van der Waals surface area contributed by atoms with Crippen LogP contribution in [-0.2, 0) is 6.42 Å². The van der Waals surface area contributed by atoms with Gasteiger partial charge in [0.15, 0.2) is 5.78 Å². The number of rotatable bonds is 2. The summed E-state index contributed by atoms with van der Waals surface area (Å²) in [5.74, 6) is 0.423. The summed E-state index contributed by atoms with van der Waals surface area (Å²) in [6.45, 7) is 4.16. The third-order valence-electron chi connectivity index (χ3n) is 4.80. The average molecular weight is 316 g/mol. The van der Waals surface area contributed by atoms with Crippen LogP contribution >= 0.6 is 0 Å². The molecular weight excluding hydrogens is 296 g/mol. The van der Waals surface area contributed by atoms with E-state index in [-0.39, 0.29) is 11.7 Å². The molecule has 0 aliphatic heterocycles.